The highest BCUT2D eigenvalue weighted by Crippen LogP contribution is 2.24. The van der Waals surface area contributed by atoms with Crippen molar-refractivity contribution in [2.75, 3.05) is 0 Å². The van der Waals surface area contributed by atoms with Crippen molar-refractivity contribution in [3.63, 3.8) is 0 Å². The maximum Gasteiger partial charge on any atom is -0.0414 e. The van der Waals surface area contributed by atoms with Gasteiger partial charge >= 0.3 is 0 Å². The third kappa shape index (κ3) is 6.45. The second-order valence-corrected chi connectivity index (χ2v) is 5.24. The summed E-state index contributed by atoms with van der Waals surface area (Å²) in [5, 5.41) is 0. The van der Waals surface area contributed by atoms with Crippen LogP contribution in [0.25, 0.3) is 0 Å². The highest BCUT2D eigenvalue weighted by molar-refractivity contribution is 4.63. The average Bonchev–Trinajstić information content (AvgIpc) is 2.14. The van der Waals surface area contributed by atoms with Gasteiger partial charge in [0.15, 0.2) is 0 Å². The first-order chi connectivity index (χ1) is 6.61. The molecule has 1 atom stereocenters. The lowest BCUT2D eigenvalue weighted by Crippen LogP contribution is -2.08. The summed E-state index contributed by atoms with van der Waals surface area (Å²) in [7, 11) is 0. The summed E-state index contributed by atoms with van der Waals surface area (Å²) in [6, 6.07) is 0. The topological polar surface area (TPSA) is 0 Å². The average molecular weight is 198 g/mol. The summed E-state index contributed by atoms with van der Waals surface area (Å²) in [5.74, 6) is 2.77. The van der Waals surface area contributed by atoms with Crippen LogP contribution < -0.4 is 0 Å². The maximum atomic E-state index is 2.40. The molecule has 0 heterocycles. The fraction of sp³-hybridized carbons (Fsp3) is 1.00. The van der Waals surface area contributed by atoms with Gasteiger partial charge in [0.1, 0.15) is 0 Å². The molecule has 0 rings (SSSR count). The van der Waals surface area contributed by atoms with Crippen LogP contribution in [-0.2, 0) is 0 Å². The Bertz CT molecular complexity index is 109. The minimum absolute atomic E-state index is 0.860. The Morgan fingerprint density at radius 1 is 0.714 bits per heavy atom. The van der Waals surface area contributed by atoms with Crippen molar-refractivity contribution in [2.24, 2.45) is 17.8 Å². The molecule has 86 valence electrons. The molecule has 0 saturated heterocycles. The molecule has 0 aromatic heterocycles. The zero-order valence-electron chi connectivity index (χ0n) is 11.0. The van der Waals surface area contributed by atoms with E-state index < -0.39 is 0 Å². The normalized spacial score (nSPS) is 13.9. The van der Waals surface area contributed by atoms with Gasteiger partial charge in [-0.05, 0) is 17.8 Å². The highest BCUT2D eigenvalue weighted by atomic mass is 14.2. The van der Waals surface area contributed by atoms with E-state index in [-0.39, 0.29) is 0 Å². The summed E-state index contributed by atoms with van der Waals surface area (Å²) in [5.41, 5.74) is 0. The second-order valence-electron chi connectivity index (χ2n) is 5.24. The van der Waals surface area contributed by atoms with Gasteiger partial charge in [0.25, 0.3) is 0 Å². The van der Waals surface area contributed by atoms with E-state index in [1.807, 2.05) is 0 Å². The fourth-order valence-electron chi connectivity index (χ4n) is 2.08. The molecular formula is C14H30. The van der Waals surface area contributed by atoms with Crippen molar-refractivity contribution in [2.45, 2.75) is 73.1 Å². The predicted octanol–water partition coefficient (Wildman–Crippen LogP) is 5.28. The summed E-state index contributed by atoms with van der Waals surface area (Å²) in [4.78, 5) is 0. The molecule has 0 fully saturated rings. The second kappa shape index (κ2) is 8.32. The quantitative estimate of drug-likeness (QED) is 0.498. The van der Waals surface area contributed by atoms with E-state index >= 15 is 0 Å². The number of rotatable bonds is 8. The van der Waals surface area contributed by atoms with Gasteiger partial charge in [-0.25, -0.2) is 0 Å². The van der Waals surface area contributed by atoms with Crippen LogP contribution >= 0.6 is 0 Å². The van der Waals surface area contributed by atoms with E-state index in [2.05, 4.69) is 34.6 Å². The zero-order chi connectivity index (χ0) is 11.0. The Morgan fingerprint density at radius 2 is 1.21 bits per heavy atom. The van der Waals surface area contributed by atoms with Crippen molar-refractivity contribution in [3.05, 3.63) is 0 Å². The van der Waals surface area contributed by atoms with Gasteiger partial charge < -0.3 is 0 Å². The van der Waals surface area contributed by atoms with Gasteiger partial charge in [-0.1, -0.05) is 73.1 Å². The summed E-state index contributed by atoms with van der Waals surface area (Å²) in [6.45, 7) is 11.7. The molecule has 0 heteroatoms. The third-order valence-electron chi connectivity index (χ3n) is 3.56. The van der Waals surface area contributed by atoms with Crippen molar-refractivity contribution < 1.29 is 0 Å². The van der Waals surface area contributed by atoms with Crippen LogP contribution in [0.1, 0.15) is 73.1 Å². The van der Waals surface area contributed by atoms with E-state index in [1.165, 1.54) is 38.5 Å². The van der Waals surface area contributed by atoms with Crippen molar-refractivity contribution >= 4 is 0 Å². The van der Waals surface area contributed by atoms with Gasteiger partial charge in [0.2, 0.25) is 0 Å². The molecule has 0 spiro atoms. The largest absolute Gasteiger partial charge is 0.0654 e. The van der Waals surface area contributed by atoms with Gasteiger partial charge in [-0.2, -0.15) is 0 Å². The lowest BCUT2D eigenvalue weighted by atomic mass is 9.86. The van der Waals surface area contributed by atoms with Crippen LogP contribution in [0.4, 0.5) is 0 Å². The Kier molecular flexibility index (Phi) is 8.32. The van der Waals surface area contributed by atoms with Crippen LogP contribution in [0.5, 0.6) is 0 Å². The molecule has 0 bridgehead atoms. The predicted molar refractivity (Wildman–Crippen MR) is 66.5 cm³/mol. The highest BCUT2D eigenvalue weighted by Gasteiger charge is 2.11. The molecule has 0 radical (unpaired) electrons. The molecule has 0 N–H and O–H groups in total. The Hall–Kier alpha value is 0. The first kappa shape index (κ1) is 14.0. The molecule has 0 aliphatic carbocycles. The molecule has 1 unspecified atom stereocenters. The molecule has 0 aromatic rings. The van der Waals surface area contributed by atoms with Gasteiger partial charge in [-0.15, -0.1) is 0 Å². The standard InChI is InChI=1S/C14H30/c1-6-8-14(9-7-2)11-10-13(5)12(3)4/h12-14H,6-11H2,1-5H3. The van der Waals surface area contributed by atoms with Crippen molar-refractivity contribution in [1.82, 2.24) is 0 Å². The van der Waals surface area contributed by atoms with E-state index in [0.29, 0.717) is 0 Å². The maximum absolute atomic E-state index is 2.40. The van der Waals surface area contributed by atoms with Crippen molar-refractivity contribution in [1.29, 1.82) is 0 Å². The lowest BCUT2D eigenvalue weighted by molar-refractivity contribution is 0.320. The number of hydrogen-bond acceptors (Lipinski definition) is 0. The molecule has 0 amide bonds. The van der Waals surface area contributed by atoms with Gasteiger partial charge in [-0.3, -0.25) is 0 Å². The van der Waals surface area contributed by atoms with E-state index in [9.17, 15) is 0 Å². The van der Waals surface area contributed by atoms with Crippen LogP contribution in [0, 0.1) is 17.8 Å². The Balaban J connectivity index is 3.68. The van der Waals surface area contributed by atoms with Crippen LogP contribution in [0.3, 0.4) is 0 Å². The molecule has 0 aliphatic rings. The van der Waals surface area contributed by atoms with Crippen molar-refractivity contribution in [3.8, 4) is 0 Å². The van der Waals surface area contributed by atoms with Crippen LogP contribution in [-0.4, -0.2) is 0 Å². The van der Waals surface area contributed by atoms with E-state index in [1.54, 1.807) is 0 Å². The van der Waals surface area contributed by atoms with Gasteiger partial charge in [0.05, 0.1) is 0 Å². The molecule has 0 aromatic carbocycles. The smallest absolute Gasteiger partial charge is 0.0414 e. The van der Waals surface area contributed by atoms with Gasteiger partial charge in [0, 0.05) is 0 Å². The summed E-state index contributed by atoms with van der Waals surface area (Å²) >= 11 is 0. The molecule has 0 nitrogen and oxygen atoms in total. The minimum atomic E-state index is 0.860. The number of hydrogen-bond donors (Lipinski definition) is 0. The molecule has 0 saturated carbocycles. The molecular weight excluding hydrogens is 168 g/mol. The first-order valence-corrected chi connectivity index (χ1v) is 6.61. The fourth-order valence-corrected chi connectivity index (χ4v) is 2.08. The molecule has 0 aliphatic heterocycles. The van der Waals surface area contributed by atoms with Crippen LogP contribution in [0.2, 0.25) is 0 Å². The lowest BCUT2D eigenvalue weighted by Gasteiger charge is -2.20. The Morgan fingerprint density at radius 3 is 1.57 bits per heavy atom. The first-order valence-electron chi connectivity index (χ1n) is 6.61. The molecule has 14 heavy (non-hydrogen) atoms. The summed E-state index contributed by atoms with van der Waals surface area (Å²) < 4.78 is 0. The minimum Gasteiger partial charge on any atom is -0.0654 e. The monoisotopic (exact) mass is 198 g/mol. The zero-order valence-corrected chi connectivity index (χ0v) is 11.0. The van der Waals surface area contributed by atoms with E-state index in [0.717, 1.165) is 17.8 Å². The third-order valence-corrected chi connectivity index (χ3v) is 3.56. The summed E-state index contributed by atoms with van der Waals surface area (Å²) in [6.07, 6.45) is 8.50. The van der Waals surface area contributed by atoms with Crippen LogP contribution in [0.15, 0.2) is 0 Å². The SMILES string of the molecule is CCCC(CCC)CCC(C)C(C)C. The van der Waals surface area contributed by atoms with E-state index in [4.69, 9.17) is 0 Å². The Labute approximate surface area is 91.5 Å².